The third-order valence-corrected chi connectivity index (χ3v) is 13.9. The summed E-state index contributed by atoms with van der Waals surface area (Å²) >= 11 is 0. The molecule has 5 rings (SSSR count). The number of aliphatic hydroxyl groups is 1. The largest absolute Gasteiger partial charge is 0.393 e. The van der Waals surface area contributed by atoms with Crippen LogP contribution in [-0.2, 0) is 0 Å². The summed E-state index contributed by atoms with van der Waals surface area (Å²) in [5.41, 5.74) is 2.88. The average Bonchev–Trinajstić information content (AvgIpc) is 2.69. The van der Waals surface area contributed by atoms with Gasteiger partial charge < -0.3 is 5.11 Å². The minimum atomic E-state index is -0.0781. The van der Waals surface area contributed by atoms with E-state index < -0.39 is 0 Å². The summed E-state index contributed by atoms with van der Waals surface area (Å²) in [5.74, 6) is 3.02. The van der Waals surface area contributed by atoms with Crippen LogP contribution in [0.25, 0.3) is 0 Å². The Morgan fingerprint density at radius 1 is 0.581 bits per heavy atom. The van der Waals surface area contributed by atoms with Gasteiger partial charge in [-0.3, -0.25) is 0 Å². The molecule has 0 saturated heterocycles. The van der Waals surface area contributed by atoms with E-state index in [4.69, 9.17) is 0 Å². The lowest BCUT2D eigenvalue weighted by molar-refractivity contribution is -0.263. The van der Waals surface area contributed by atoms with E-state index >= 15 is 0 Å². The number of aliphatic hydroxyl groups excluding tert-OH is 1. The van der Waals surface area contributed by atoms with Gasteiger partial charge >= 0.3 is 0 Å². The molecule has 1 N–H and O–H groups in total. The summed E-state index contributed by atoms with van der Waals surface area (Å²) in [4.78, 5) is 0. The standard InChI is InChI=1S/C30H52O/c1-20-21(31)9-10-22-27(20,5)12-11-23-28(22,6)16-18-30(8)24-19-25(2,3)13-14-26(24,4)15-17-29(23,30)7/h20-24,31H,9-19H2,1-8H3/t20-,21?,22?,23?,24?,26+,27+,28-,29+,30-/m0/s1. The Balaban J connectivity index is 1.54. The maximum atomic E-state index is 10.7. The van der Waals surface area contributed by atoms with Crippen LogP contribution in [0.15, 0.2) is 0 Å². The van der Waals surface area contributed by atoms with Crippen LogP contribution in [0.4, 0.5) is 0 Å². The van der Waals surface area contributed by atoms with Gasteiger partial charge in [-0.15, -0.1) is 0 Å². The highest BCUT2D eigenvalue weighted by Gasteiger charge is 2.70. The van der Waals surface area contributed by atoms with Gasteiger partial charge in [0.1, 0.15) is 0 Å². The molecule has 5 aliphatic rings. The van der Waals surface area contributed by atoms with Gasteiger partial charge in [0.2, 0.25) is 0 Å². The van der Waals surface area contributed by atoms with Crippen molar-refractivity contribution in [3.05, 3.63) is 0 Å². The first-order valence-electron chi connectivity index (χ1n) is 13.9. The average molecular weight is 429 g/mol. The summed E-state index contributed by atoms with van der Waals surface area (Å²) in [7, 11) is 0. The summed E-state index contributed by atoms with van der Waals surface area (Å²) in [6.07, 6.45) is 15.1. The Labute approximate surface area is 193 Å². The monoisotopic (exact) mass is 428 g/mol. The van der Waals surface area contributed by atoms with Crippen molar-refractivity contribution in [1.29, 1.82) is 0 Å². The number of rotatable bonds is 0. The molecule has 0 bridgehead atoms. The van der Waals surface area contributed by atoms with E-state index in [0.717, 1.165) is 24.2 Å². The molecule has 31 heavy (non-hydrogen) atoms. The van der Waals surface area contributed by atoms with Gasteiger partial charge in [0.15, 0.2) is 0 Å². The van der Waals surface area contributed by atoms with Gasteiger partial charge in [-0.1, -0.05) is 55.4 Å². The summed E-state index contributed by atoms with van der Waals surface area (Å²) in [6, 6.07) is 0. The third kappa shape index (κ3) is 2.77. The molecule has 0 aromatic rings. The second-order valence-electron chi connectivity index (χ2n) is 15.5. The molecule has 1 nitrogen and oxygen atoms in total. The Hall–Kier alpha value is -0.0400. The van der Waals surface area contributed by atoms with E-state index in [1.165, 1.54) is 64.2 Å². The Morgan fingerprint density at radius 3 is 1.90 bits per heavy atom. The molecule has 0 radical (unpaired) electrons. The maximum absolute atomic E-state index is 10.7. The number of fused-ring (bicyclic) bond motifs is 7. The van der Waals surface area contributed by atoms with E-state index in [9.17, 15) is 5.11 Å². The van der Waals surface area contributed by atoms with Gasteiger partial charge in [0.05, 0.1) is 6.10 Å². The molecule has 0 amide bonds. The first-order chi connectivity index (χ1) is 14.2. The Bertz CT molecular complexity index is 741. The fourth-order valence-electron chi connectivity index (χ4n) is 11.4. The lowest BCUT2D eigenvalue weighted by Gasteiger charge is -2.75. The maximum Gasteiger partial charge on any atom is 0.0571 e. The van der Waals surface area contributed by atoms with Crippen LogP contribution >= 0.6 is 0 Å². The van der Waals surface area contributed by atoms with Crippen molar-refractivity contribution in [2.75, 3.05) is 0 Å². The quantitative estimate of drug-likeness (QED) is 0.412. The van der Waals surface area contributed by atoms with Gasteiger partial charge in [-0.05, 0) is 127 Å². The van der Waals surface area contributed by atoms with Crippen LogP contribution in [0.2, 0.25) is 0 Å². The predicted octanol–water partition coefficient (Wildman–Crippen LogP) is 8.25. The van der Waals surface area contributed by atoms with Crippen molar-refractivity contribution in [3.63, 3.8) is 0 Å². The highest BCUT2D eigenvalue weighted by atomic mass is 16.3. The lowest BCUT2D eigenvalue weighted by atomic mass is 9.30. The molecule has 178 valence electrons. The molecule has 0 aromatic carbocycles. The van der Waals surface area contributed by atoms with Crippen LogP contribution in [0.1, 0.15) is 126 Å². The highest BCUT2D eigenvalue weighted by molar-refractivity contribution is 5.19. The molecule has 5 saturated carbocycles. The van der Waals surface area contributed by atoms with Crippen LogP contribution in [0, 0.1) is 56.2 Å². The smallest absolute Gasteiger partial charge is 0.0571 e. The van der Waals surface area contributed by atoms with Gasteiger partial charge in [-0.2, -0.15) is 0 Å². The molecule has 4 unspecified atom stereocenters. The lowest BCUT2D eigenvalue weighted by Crippen LogP contribution is -2.67. The molecule has 1 heteroatoms. The minimum absolute atomic E-state index is 0.0781. The predicted molar refractivity (Wildman–Crippen MR) is 131 cm³/mol. The summed E-state index contributed by atoms with van der Waals surface area (Å²) < 4.78 is 0. The van der Waals surface area contributed by atoms with E-state index in [1.54, 1.807) is 0 Å². The van der Waals surface area contributed by atoms with Crippen LogP contribution in [0.5, 0.6) is 0 Å². The zero-order valence-corrected chi connectivity index (χ0v) is 22.1. The Morgan fingerprint density at radius 2 is 1.19 bits per heavy atom. The molecule has 0 spiro atoms. The van der Waals surface area contributed by atoms with Crippen LogP contribution in [0.3, 0.4) is 0 Å². The van der Waals surface area contributed by atoms with Gasteiger partial charge in [0.25, 0.3) is 0 Å². The van der Waals surface area contributed by atoms with Gasteiger partial charge in [0, 0.05) is 0 Å². The molecule has 0 aromatic heterocycles. The second kappa shape index (κ2) is 6.55. The van der Waals surface area contributed by atoms with E-state index in [0.29, 0.717) is 38.4 Å². The van der Waals surface area contributed by atoms with Crippen molar-refractivity contribution in [1.82, 2.24) is 0 Å². The normalized spacial score (nSPS) is 60.9. The molecular formula is C30H52O. The zero-order chi connectivity index (χ0) is 22.7. The number of hydrogen-bond acceptors (Lipinski definition) is 1. The summed E-state index contributed by atoms with van der Waals surface area (Å²) in [6.45, 7) is 20.9. The summed E-state index contributed by atoms with van der Waals surface area (Å²) in [5, 5.41) is 10.7. The van der Waals surface area contributed by atoms with Crippen molar-refractivity contribution in [2.24, 2.45) is 56.2 Å². The third-order valence-electron chi connectivity index (χ3n) is 13.9. The number of hydrogen-bond donors (Lipinski definition) is 1. The van der Waals surface area contributed by atoms with Crippen molar-refractivity contribution < 1.29 is 5.11 Å². The van der Waals surface area contributed by atoms with Crippen molar-refractivity contribution >= 4 is 0 Å². The van der Waals surface area contributed by atoms with E-state index in [2.05, 4.69) is 55.4 Å². The first-order valence-corrected chi connectivity index (χ1v) is 13.9. The SMILES string of the molecule is C[C@H]1C(O)CCC2[C@]3(C)CC[C@@]4(C)C5CC(C)(C)CC[C@]5(C)CC[C@]4(C)C3CC[C@@]21C. The highest BCUT2D eigenvalue weighted by Crippen LogP contribution is 2.78. The minimum Gasteiger partial charge on any atom is -0.393 e. The zero-order valence-electron chi connectivity index (χ0n) is 22.1. The molecule has 0 heterocycles. The molecule has 10 atom stereocenters. The molecule has 5 fully saturated rings. The van der Waals surface area contributed by atoms with E-state index in [1.807, 2.05) is 0 Å². The fourth-order valence-corrected chi connectivity index (χ4v) is 11.4. The molecule has 5 aliphatic carbocycles. The fraction of sp³-hybridized carbons (Fsp3) is 1.00. The van der Waals surface area contributed by atoms with Crippen LogP contribution in [-0.4, -0.2) is 11.2 Å². The molecular weight excluding hydrogens is 376 g/mol. The van der Waals surface area contributed by atoms with E-state index in [-0.39, 0.29) is 6.10 Å². The van der Waals surface area contributed by atoms with Gasteiger partial charge in [-0.25, -0.2) is 0 Å². The van der Waals surface area contributed by atoms with Crippen molar-refractivity contribution in [3.8, 4) is 0 Å². The molecule has 0 aliphatic heterocycles. The van der Waals surface area contributed by atoms with Crippen LogP contribution < -0.4 is 0 Å². The Kier molecular flexibility index (Phi) is 4.80. The second-order valence-corrected chi connectivity index (χ2v) is 15.5. The first kappa shape index (κ1) is 22.7. The van der Waals surface area contributed by atoms with Crippen molar-refractivity contribution in [2.45, 2.75) is 132 Å². The topological polar surface area (TPSA) is 20.2 Å².